The molecule has 1 amide bonds. The van der Waals surface area contributed by atoms with Gasteiger partial charge in [0.1, 0.15) is 5.75 Å². The molecular formula is C24H25NO4. The predicted molar refractivity (Wildman–Crippen MR) is 108 cm³/mol. The first-order chi connectivity index (χ1) is 14.0. The second-order valence-corrected chi connectivity index (χ2v) is 8.62. The number of carboxylic acid groups (broad SMARTS) is 1. The molecule has 2 aromatic rings. The van der Waals surface area contributed by atoms with Crippen LogP contribution < -0.4 is 4.74 Å². The maximum atomic E-state index is 13.3. The van der Waals surface area contributed by atoms with Gasteiger partial charge in [0.2, 0.25) is 5.91 Å². The Hall–Kier alpha value is -2.82. The topological polar surface area (TPSA) is 66.8 Å². The highest BCUT2D eigenvalue weighted by molar-refractivity contribution is 5.84. The molecule has 5 heteroatoms. The van der Waals surface area contributed by atoms with Gasteiger partial charge in [-0.15, -0.1) is 0 Å². The molecule has 3 aliphatic rings. The Balaban J connectivity index is 1.50. The molecule has 2 aromatic carbocycles. The Bertz CT molecular complexity index is 986. The second-order valence-electron chi connectivity index (χ2n) is 8.62. The average molecular weight is 391 g/mol. The molecule has 2 aliphatic carbocycles. The first kappa shape index (κ1) is 18.2. The lowest BCUT2D eigenvalue weighted by Gasteiger charge is -2.39. The molecule has 0 spiro atoms. The van der Waals surface area contributed by atoms with Crippen molar-refractivity contribution in [3.8, 4) is 5.75 Å². The van der Waals surface area contributed by atoms with Crippen molar-refractivity contribution < 1.29 is 19.4 Å². The van der Waals surface area contributed by atoms with Gasteiger partial charge in [-0.1, -0.05) is 42.5 Å². The minimum absolute atomic E-state index is 0.000712. The highest BCUT2D eigenvalue weighted by Crippen LogP contribution is 2.60. The van der Waals surface area contributed by atoms with Crippen LogP contribution in [0.3, 0.4) is 0 Å². The fourth-order valence-corrected chi connectivity index (χ4v) is 6.20. The summed E-state index contributed by atoms with van der Waals surface area (Å²) in [7, 11) is 1.60. The summed E-state index contributed by atoms with van der Waals surface area (Å²) in [5.41, 5.74) is 2.39. The van der Waals surface area contributed by atoms with E-state index in [1.165, 1.54) is 5.56 Å². The van der Waals surface area contributed by atoms with Crippen LogP contribution in [-0.2, 0) is 22.4 Å². The molecule has 5 nitrogen and oxygen atoms in total. The zero-order valence-corrected chi connectivity index (χ0v) is 16.5. The lowest BCUT2D eigenvalue weighted by molar-refractivity contribution is -0.151. The number of nitrogens with zero attached hydrogens (tertiary/aromatic N) is 1. The lowest BCUT2D eigenvalue weighted by Crippen LogP contribution is -2.46. The number of hydrogen-bond acceptors (Lipinski definition) is 3. The smallest absolute Gasteiger partial charge is 0.312 e. The number of carboxylic acids is 1. The molecule has 2 fully saturated rings. The fourth-order valence-electron chi connectivity index (χ4n) is 6.20. The van der Waals surface area contributed by atoms with E-state index in [1.54, 1.807) is 7.11 Å². The molecule has 1 aliphatic heterocycles. The minimum Gasteiger partial charge on any atom is -0.496 e. The van der Waals surface area contributed by atoms with Gasteiger partial charge in [0.15, 0.2) is 0 Å². The molecule has 0 bridgehead atoms. The molecule has 1 saturated carbocycles. The van der Waals surface area contributed by atoms with Crippen LogP contribution in [0.5, 0.6) is 5.75 Å². The van der Waals surface area contributed by atoms with Crippen molar-refractivity contribution in [2.45, 2.75) is 37.6 Å². The molecule has 150 valence electrons. The number of fused-ring (bicyclic) bond motifs is 2. The highest BCUT2D eigenvalue weighted by Gasteiger charge is 2.64. The quantitative estimate of drug-likeness (QED) is 0.869. The van der Waals surface area contributed by atoms with E-state index in [2.05, 4.69) is 12.1 Å². The van der Waals surface area contributed by atoms with Gasteiger partial charge in [0.25, 0.3) is 0 Å². The van der Waals surface area contributed by atoms with Crippen molar-refractivity contribution in [1.82, 2.24) is 4.90 Å². The van der Waals surface area contributed by atoms with Crippen molar-refractivity contribution in [3.63, 3.8) is 0 Å². The number of carbonyl (C=O) groups is 2. The third kappa shape index (κ3) is 2.60. The zero-order chi connectivity index (χ0) is 20.2. The van der Waals surface area contributed by atoms with Crippen LogP contribution in [0.2, 0.25) is 0 Å². The number of benzene rings is 2. The molecular weight excluding hydrogens is 366 g/mol. The van der Waals surface area contributed by atoms with E-state index in [0.29, 0.717) is 18.7 Å². The standard InChI is InChI=1S/C24H25NO4/c1-29-20-9-5-3-6-15(20)12-21(26)25-14-24(23(27)28)13-16-7-2-4-8-17(16)18-10-11-19(25)22(18)24/h2-9,18-19,22H,10-14H2,1H3,(H,27,28). The van der Waals surface area contributed by atoms with Gasteiger partial charge in [-0.25, -0.2) is 0 Å². The molecule has 1 saturated heterocycles. The first-order valence-electron chi connectivity index (χ1n) is 10.3. The van der Waals surface area contributed by atoms with Gasteiger partial charge < -0.3 is 14.7 Å². The molecule has 0 radical (unpaired) electrons. The molecule has 1 heterocycles. The van der Waals surface area contributed by atoms with Crippen molar-refractivity contribution in [2.24, 2.45) is 11.3 Å². The molecule has 1 N–H and O–H groups in total. The Morgan fingerprint density at radius 3 is 2.69 bits per heavy atom. The van der Waals surface area contributed by atoms with Gasteiger partial charge in [0.05, 0.1) is 18.9 Å². The average Bonchev–Trinajstić information content (AvgIpc) is 3.31. The van der Waals surface area contributed by atoms with Crippen molar-refractivity contribution in [3.05, 3.63) is 65.2 Å². The van der Waals surface area contributed by atoms with Crippen LogP contribution in [-0.4, -0.2) is 41.6 Å². The monoisotopic (exact) mass is 391 g/mol. The third-order valence-corrected chi connectivity index (χ3v) is 7.35. The van der Waals surface area contributed by atoms with Crippen LogP contribution in [0.4, 0.5) is 0 Å². The number of likely N-dealkylation sites (tertiary alicyclic amines) is 1. The SMILES string of the molecule is COc1ccccc1CC(=O)N1CC2(C(=O)O)Cc3ccccc3C3CCC1C32. The highest BCUT2D eigenvalue weighted by atomic mass is 16.5. The molecule has 0 aromatic heterocycles. The molecule has 4 unspecified atom stereocenters. The summed E-state index contributed by atoms with van der Waals surface area (Å²) in [5.74, 6) is 0.157. The Kier molecular flexibility index (Phi) is 4.16. The van der Waals surface area contributed by atoms with Gasteiger partial charge in [-0.2, -0.15) is 0 Å². The van der Waals surface area contributed by atoms with E-state index < -0.39 is 11.4 Å². The largest absolute Gasteiger partial charge is 0.496 e. The minimum atomic E-state index is -0.878. The molecule has 29 heavy (non-hydrogen) atoms. The van der Waals surface area contributed by atoms with E-state index in [1.807, 2.05) is 41.3 Å². The van der Waals surface area contributed by atoms with E-state index in [9.17, 15) is 14.7 Å². The maximum Gasteiger partial charge on any atom is 0.312 e. The lowest BCUT2D eigenvalue weighted by atomic mass is 9.62. The van der Waals surface area contributed by atoms with Crippen molar-refractivity contribution in [2.75, 3.05) is 13.7 Å². The summed E-state index contributed by atoms with van der Waals surface area (Å²) < 4.78 is 5.40. The number of aliphatic carboxylic acids is 1. The summed E-state index contributed by atoms with van der Waals surface area (Å²) >= 11 is 0. The summed E-state index contributed by atoms with van der Waals surface area (Å²) in [6, 6.07) is 15.8. The number of hydrogen-bond donors (Lipinski definition) is 1. The second kappa shape index (κ2) is 6.61. The maximum absolute atomic E-state index is 13.3. The number of para-hydroxylation sites is 1. The van der Waals surface area contributed by atoms with Crippen molar-refractivity contribution in [1.29, 1.82) is 0 Å². The Labute approximate surface area is 170 Å². The summed E-state index contributed by atoms with van der Waals surface area (Å²) in [6.07, 6.45) is 2.56. The molecule has 4 atom stereocenters. The summed E-state index contributed by atoms with van der Waals surface area (Å²) in [6.45, 7) is 0.302. The number of carbonyl (C=O) groups excluding carboxylic acids is 1. The number of amides is 1. The zero-order valence-electron chi connectivity index (χ0n) is 16.5. The van der Waals surface area contributed by atoms with E-state index >= 15 is 0 Å². The van der Waals surface area contributed by atoms with Gasteiger partial charge in [-0.05, 0) is 42.4 Å². The van der Waals surface area contributed by atoms with E-state index in [-0.39, 0.29) is 30.2 Å². The third-order valence-electron chi connectivity index (χ3n) is 7.35. The van der Waals surface area contributed by atoms with Gasteiger partial charge >= 0.3 is 5.97 Å². The Morgan fingerprint density at radius 2 is 1.90 bits per heavy atom. The summed E-state index contributed by atoms with van der Waals surface area (Å²) in [4.78, 5) is 27.8. The van der Waals surface area contributed by atoms with Crippen LogP contribution in [0.15, 0.2) is 48.5 Å². The summed E-state index contributed by atoms with van der Waals surface area (Å²) in [5, 5.41) is 10.3. The Morgan fingerprint density at radius 1 is 1.14 bits per heavy atom. The predicted octanol–water partition coefficient (Wildman–Crippen LogP) is 3.27. The number of ether oxygens (including phenoxy) is 1. The number of methoxy groups -OCH3 is 1. The van der Waals surface area contributed by atoms with Gasteiger partial charge in [0, 0.05) is 24.1 Å². The molecule has 5 rings (SSSR count). The van der Waals surface area contributed by atoms with E-state index in [0.717, 1.165) is 24.0 Å². The fraction of sp³-hybridized carbons (Fsp3) is 0.417. The van der Waals surface area contributed by atoms with Crippen LogP contribution in [0.25, 0.3) is 0 Å². The van der Waals surface area contributed by atoms with Crippen molar-refractivity contribution >= 4 is 11.9 Å². The number of rotatable bonds is 4. The normalized spacial score (nSPS) is 29.3. The van der Waals surface area contributed by atoms with Crippen LogP contribution >= 0.6 is 0 Å². The van der Waals surface area contributed by atoms with Crippen LogP contribution in [0.1, 0.15) is 35.4 Å². The first-order valence-corrected chi connectivity index (χ1v) is 10.3. The van der Waals surface area contributed by atoms with Gasteiger partial charge in [-0.3, -0.25) is 9.59 Å². The van der Waals surface area contributed by atoms with E-state index in [4.69, 9.17) is 4.74 Å². The van der Waals surface area contributed by atoms with Crippen LogP contribution in [0, 0.1) is 11.3 Å².